The second-order valence-electron chi connectivity index (χ2n) is 13.4. The Morgan fingerprint density at radius 2 is 1.88 bits per heavy atom. The Morgan fingerprint density at radius 3 is 2.42 bits per heavy atom. The average Bonchev–Trinajstić information content (AvgIpc) is 3.21. The van der Waals surface area contributed by atoms with E-state index in [1.54, 1.807) is 27.0 Å². The molecule has 234 valence electrons. The molecule has 2 bridgehead atoms. The van der Waals surface area contributed by atoms with E-state index in [0.717, 1.165) is 16.4 Å². The molecular formula is C32H41F2N3O6. The van der Waals surface area contributed by atoms with Crippen molar-refractivity contribution in [3.05, 3.63) is 53.2 Å². The number of aliphatic carboxylic acids is 1. The summed E-state index contributed by atoms with van der Waals surface area (Å²) in [6.07, 6.45) is 3.46. The van der Waals surface area contributed by atoms with E-state index >= 15 is 0 Å². The van der Waals surface area contributed by atoms with Crippen LogP contribution in [0.15, 0.2) is 36.5 Å². The van der Waals surface area contributed by atoms with Crippen molar-refractivity contribution in [2.24, 2.45) is 17.3 Å². The van der Waals surface area contributed by atoms with Crippen LogP contribution in [0.4, 0.5) is 13.6 Å². The number of likely N-dealkylation sites (tertiary alicyclic amines) is 1. The first-order valence-electron chi connectivity index (χ1n) is 14.8. The zero-order chi connectivity index (χ0) is 31.3. The lowest BCUT2D eigenvalue weighted by atomic mass is 9.42. The van der Waals surface area contributed by atoms with E-state index in [9.17, 15) is 23.5 Å². The van der Waals surface area contributed by atoms with E-state index in [1.165, 1.54) is 37.1 Å². The number of methoxy groups -OCH3 is 1. The third kappa shape index (κ3) is 5.75. The largest absolute Gasteiger partial charge is 0.496 e. The number of hydrogen-bond acceptors (Lipinski definition) is 7. The minimum Gasteiger partial charge on any atom is -0.496 e. The molecule has 1 aromatic heterocycles. The molecule has 4 atom stereocenters. The lowest BCUT2D eigenvalue weighted by Gasteiger charge is -2.62. The minimum absolute atomic E-state index is 0.161. The fourth-order valence-electron chi connectivity index (χ4n) is 7.39. The van der Waals surface area contributed by atoms with Gasteiger partial charge in [0.1, 0.15) is 11.8 Å². The molecule has 4 aliphatic rings. The summed E-state index contributed by atoms with van der Waals surface area (Å²) >= 11 is 0. The molecule has 0 spiro atoms. The van der Waals surface area contributed by atoms with Crippen molar-refractivity contribution in [2.75, 3.05) is 7.11 Å². The Kier molecular flexibility index (Phi) is 8.32. The van der Waals surface area contributed by atoms with E-state index in [-0.39, 0.29) is 23.4 Å². The number of alkyl halides is 2. The fraction of sp³-hybridized carbons (Fsp3) is 0.594. The van der Waals surface area contributed by atoms with Crippen molar-refractivity contribution in [2.45, 2.75) is 96.7 Å². The highest BCUT2D eigenvalue weighted by Crippen LogP contribution is 2.65. The summed E-state index contributed by atoms with van der Waals surface area (Å²) in [6.45, 7) is 6.15. The molecule has 1 amide bonds. The van der Waals surface area contributed by atoms with E-state index in [2.05, 4.69) is 22.4 Å². The fourth-order valence-corrected chi connectivity index (χ4v) is 7.39. The summed E-state index contributed by atoms with van der Waals surface area (Å²) in [5.74, 6) is -0.777. The second-order valence-corrected chi connectivity index (χ2v) is 13.4. The van der Waals surface area contributed by atoms with Gasteiger partial charge in [0.25, 0.3) is 0 Å². The zero-order valence-electron chi connectivity index (χ0n) is 25.5. The van der Waals surface area contributed by atoms with Crippen LogP contribution in [0.25, 0.3) is 0 Å². The first-order valence-corrected chi connectivity index (χ1v) is 14.8. The number of pyridine rings is 1. The molecule has 4 fully saturated rings. The Hall–Kier alpha value is -3.47. The first-order chi connectivity index (χ1) is 20.3. The zero-order valence-corrected chi connectivity index (χ0v) is 25.5. The summed E-state index contributed by atoms with van der Waals surface area (Å²) in [7, 11) is 1.60. The molecule has 0 radical (unpaired) electrons. The summed E-state index contributed by atoms with van der Waals surface area (Å²) in [6, 6.07) is 6.21. The molecule has 3 saturated carbocycles. The number of rotatable bonds is 10. The Balaban J connectivity index is 1.60. The van der Waals surface area contributed by atoms with Crippen molar-refractivity contribution >= 4 is 12.1 Å². The quantitative estimate of drug-likeness (QED) is 0.346. The monoisotopic (exact) mass is 601 g/mol. The van der Waals surface area contributed by atoms with Gasteiger partial charge in [-0.1, -0.05) is 32.9 Å². The summed E-state index contributed by atoms with van der Waals surface area (Å²) in [5.41, 5.74) is 1.89. The number of carboxylic acid groups (broad SMARTS) is 1. The van der Waals surface area contributed by atoms with Crippen LogP contribution >= 0.6 is 0 Å². The number of nitrogens with zero attached hydrogens (tertiary/aromatic N) is 2. The molecule has 1 aromatic carbocycles. The van der Waals surface area contributed by atoms with E-state index in [1.807, 2.05) is 26.8 Å². The number of amides is 1. The summed E-state index contributed by atoms with van der Waals surface area (Å²) in [4.78, 5) is 31.8. The third-order valence-electron chi connectivity index (χ3n) is 9.25. The molecule has 2 aromatic rings. The number of hydrogen-bond donors (Lipinski definition) is 2. The number of nitrogens with one attached hydrogen (secondary N) is 1. The van der Waals surface area contributed by atoms with Gasteiger partial charge in [-0.05, 0) is 73.6 Å². The van der Waals surface area contributed by atoms with Crippen molar-refractivity contribution in [3.63, 3.8) is 0 Å². The van der Waals surface area contributed by atoms with Gasteiger partial charge in [0, 0.05) is 35.8 Å². The Labute approximate surface area is 250 Å². The lowest BCUT2D eigenvalue weighted by molar-refractivity contribution is -0.145. The highest BCUT2D eigenvalue weighted by Gasteiger charge is 2.60. The van der Waals surface area contributed by atoms with Crippen molar-refractivity contribution in [3.8, 4) is 11.6 Å². The summed E-state index contributed by atoms with van der Waals surface area (Å²) in [5, 5.41) is 14.1. The molecule has 43 heavy (non-hydrogen) atoms. The van der Waals surface area contributed by atoms with Crippen LogP contribution in [-0.4, -0.2) is 59.0 Å². The number of carboxylic acids is 1. The maximum atomic E-state index is 13.7. The normalized spacial score (nSPS) is 28.0. The van der Waals surface area contributed by atoms with Gasteiger partial charge in [-0.2, -0.15) is 8.78 Å². The van der Waals surface area contributed by atoms with Gasteiger partial charge in [-0.25, -0.2) is 14.6 Å². The van der Waals surface area contributed by atoms with E-state index in [4.69, 9.17) is 14.2 Å². The Morgan fingerprint density at radius 1 is 1.19 bits per heavy atom. The molecule has 3 aliphatic carbocycles. The predicted molar refractivity (Wildman–Crippen MR) is 154 cm³/mol. The smallest absolute Gasteiger partial charge is 0.411 e. The van der Waals surface area contributed by atoms with Crippen LogP contribution in [0.2, 0.25) is 0 Å². The second kappa shape index (κ2) is 11.6. The highest BCUT2D eigenvalue weighted by molar-refractivity contribution is 5.82. The molecular weight excluding hydrogens is 560 g/mol. The van der Waals surface area contributed by atoms with Gasteiger partial charge in [-0.3, -0.25) is 4.90 Å². The average molecular weight is 602 g/mol. The van der Waals surface area contributed by atoms with Crippen LogP contribution < -0.4 is 14.8 Å². The van der Waals surface area contributed by atoms with Crippen LogP contribution in [0.3, 0.4) is 0 Å². The van der Waals surface area contributed by atoms with Crippen molar-refractivity contribution in [1.29, 1.82) is 0 Å². The van der Waals surface area contributed by atoms with Crippen LogP contribution in [0.5, 0.6) is 11.6 Å². The third-order valence-corrected chi connectivity index (χ3v) is 9.25. The van der Waals surface area contributed by atoms with Gasteiger partial charge in [0.2, 0.25) is 5.88 Å². The highest BCUT2D eigenvalue weighted by atomic mass is 19.3. The molecule has 6 rings (SSSR count). The number of aromatic nitrogens is 1. The van der Waals surface area contributed by atoms with Crippen LogP contribution in [0, 0.1) is 17.3 Å². The molecule has 2 N–H and O–H groups in total. The van der Waals surface area contributed by atoms with Gasteiger partial charge in [0.15, 0.2) is 0 Å². The van der Waals surface area contributed by atoms with E-state index < -0.39 is 54.2 Å². The molecule has 0 unspecified atom stereocenters. The van der Waals surface area contributed by atoms with E-state index in [0.29, 0.717) is 5.75 Å². The van der Waals surface area contributed by atoms with Gasteiger partial charge in [0.05, 0.1) is 19.3 Å². The Bertz CT molecular complexity index is 1350. The maximum Gasteiger partial charge on any atom is 0.411 e. The van der Waals surface area contributed by atoms with Crippen LogP contribution in [-0.2, 0) is 21.5 Å². The topological polar surface area (TPSA) is 110 Å². The molecule has 2 heterocycles. The van der Waals surface area contributed by atoms with Gasteiger partial charge in [-0.15, -0.1) is 0 Å². The van der Waals surface area contributed by atoms with Gasteiger partial charge >= 0.3 is 18.7 Å². The minimum atomic E-state index is -3.17. The molecule has 1 aliphatic heterocycles. The maximum absolute atomic E-state index is 13.7. The number of halogens is 2. The number of ether oxygens (including phenoxy) is 3. The number of benzene rings is 1. The predicted octanol–water partition coefficient (Wildman–Crippen LogP) is 5.92. The number of carbonyl (C=O) groups excluding carboxylic acids is 1. The molecule has 11 heteroatoms. The first kappa shape index (κ1) is 31.0. The SMILES string of the molecule is COc1ccc(C23CC(C2)C3)cc1CN[C@H]1[C@H](C(C)(C)C)[C@@H](C(=O)O)N(C(=O)OC(C)C)[C@H]1c1cccnc1OC(F)F. The van der Waals surface area contributed by atoms with Crippen LogP contribution in [0.1, 0.15) is 76.6 Å². The summed E-state index contributed by atoms with van der Waals surface area (Å²) < 4.78 is 43.1. The van der Waals surface area contributed by atoms with Crippen molar-refractivity contribution in [1.82, 2.24) is 15.2 Å². The van der Waals surface area contributed by atoms with Crippen molar-refractivity contribution < 1.29 is 37.7 Å². The lowest BCUT2D eigenvalue weighted by Crippen LogP contribution is -2.55. The number of carbonyl (C=O) groups is 2. The standard InChI is InChI=1S/C32H41F2N3O6/c1-17(2)42-30(40)37-25(21-8-7-11-35-27(21)43-29(33)34)24(23(31(3,4)5)26(37)28(38)39)36-16-19-12-20(9-10-22(19)41-6)32-13-18(14-32)15-32/h7-12,17-18,23-26,29,36H,13-16H2,1-6H3,(H,38,39)/t18?,23-,24-,25-,26-,32?/m0/s1. The molecule has 1 saturated heterocycles. The van der Waals surface area contributed by atoms with Gasteiger partial charge < -0.3 is 24.6 Å². The molecule has 9 nitrogen and oxygen atoms in total.